The third-order valence-electron chi connectivity index (χ3n) is 3.61. The molecule has 3 N–H and O–H groups in total. The Balaban J connectivity index is 0.00000312. The van der Waals surface area contributed by atoms with Gasteiger partial charge < -0.3 is 15.8 Å². The number of nitrogens with one attached hydrogen (secondary N) is 1. The Morgan fingerprint density at radius 2 is 2.00 bits per heavy atom. The predicted octanol–water partition coefficient (Wildman–Crippen LogP) is 3.91. The highest BCUT2D eigenvalue weighted by Gasteiger charge is 2.13. The van der Waals surface area contributed by atoms with Crippen LogP contribution in [0.4, 0.5) is 0 Å². The fraction of sp³-hybridized carbons (Fsp3) is 0.316. The first-order valence-corrected chi connectivity index (χ1v) is 9.34. The van der Waals surface area contributed by atoms with Crippen LogP contribution >= 0.6 is 24.2 Å². The lowest BCUT2D eigenvalue weighted by Gasteiger charge is -2.14. The van der Waals surface area contributed by atoms with E-state index in [2.05, 4.69) is 5.32 Å². The summed E-state index contributed by atoms with van der Waals surface area (Å²) < 4.78 is 5.96. The van der Waals surface area contributed by atoms with Gasteiger partial charge in [-0.2, -0.15) is 11.8 Å². The van der Waals surface area contributed by atoms with Crippen molar-refractivity contribution in [3.05, 3.63) is 59.7 Å². The summed E-state index contributed by atoms with van der Waals surface area (Å²) in [6.07, 6.45) is 2.68. The van der Waals surface area contributed by atoms with Gasteiger partial charge in [0.15, 0.2) is 0 Å². The van der Waals surface area contributed by atoms with Crippen molar-refractivity contribution in [3.8, 4) is 11.5 Å². The molecule has 4 nitrogen and oxygen atoms in total. The molecule has 0 aliphatic carbocycles. The topological polar surface area (TPSA) is 64.4 Å². The molecule has 136 valence electrons. The van der Waals surface area contributed by atoms with Gasteiger partial charge in [0.25, 0.3) is 0 Å². The highest BCUT2D eigenvalue weighted by Crippen LogP contribution is 2.25. The van der Waals surface area contributed by atoms with Crippen LogP contribution in [-0.2, 0) is 11.3 Å². The standard InChI is InChI=1S/C19H24N2O2S.ClH/c1-14-6-5-8-16(12-14)23-18-9-4-3-7-15(18)13-21-19(22)17(20)10-11-24-2;/h3-9,12,17H,10-11,13,20H2,1-2H3,(H,21,22);1H/t17-;/m0./s1. The van der Waals surface area contributed by atoms with Gasteiger partial charge in [0.05, 0.1) is 6.04 Å². The second kappa shape index (κ2) is 11.0. The van der Waals surface area contributed by atoms with Crippen LogP contribution in [-0.4, -0.2) is 24.0 Å². The molecule has 0 saturated carbocycles. The summed E-state index contributed by atoms with van der Waals surface area (Å²) in [4.78, 5) is 12.1. The number of halogens is 1. The Morgan fingerprint density at radius 1 is 1.24 bits per heavy atom. The van der Waals surface area contributed by atoms with E-state index in [4.69, 9.17) is 10.5 Å². The SMILES string of the molecule is CSCC[C@H](N)C(=O)NCc1ccccc1Oc1cccc(C)c1.Cl. The molecule has 6 heteroatoms. The molecular formula is C19H25ClN2O2S. The minimum Gasteiger partial charge on any atom is -0.457 e. The van der Waals surface area contributed by atoms with Crippen molar-refractivity contribution in [3.63, 3.8) is 0 Å². The molecule has 0 heterocycles. The van der Waals surface area contributed by atoms with Crippen molar-refractivity contribution in [1.82, 2.24) is 5.32 Å². The normalized spacial score (nSPS) is 11.3. The monoisotopic (exact) mass is 380 g/mol. The van der Waals surface area contributed by atoms with Crippen molar-refractivity contribution in [2.45, 2.75) is 25.9 Å². The quantitative estimate of drug-likeness (QED) is 0.728. The molecule has 2 aromatic rings. The summed E-state index contributed by atoms with van der Waals surface area (Å²) in [7, 11) is 0. The average Bonchev–Trinajstić information content (AvgIpc) is 2.58. The number of carbonyl (C=O) groups excluding carboxylic acids is 1. The predicted molar refractivity (Wildman–Crippen MR) is 108 cm³/mol. The van der Waals surface area contributed by atoms with Gasteiger partial charge in [-0.1, -0.05) is 30.3 Å². The number of hydrogen-bond donors (Lipinski definition) is 2. The van der Waals surface area contributed by atoms with Crippen molar-refractivity contribution in [2.75, 3.05) is 12.0 Å². The highest BCUT2D eigenvalue weighted by atomic mass is 35.5. The lowest BCUT2D eigenvalue weighted by atomic mass is 10.1. The molecule has 0 unspecified atom stereocenters. The number of thioether (sulfide) groups is 1. The second-order valence-electron chi connectivity index (χ2n) is 5.63. The molecule has 0 aliphatic rings. The number of benzene rings is 2. The Bertz CT molecular complexity index is 682. The molecule has 1 atom stereocenters. The number of carbonyl (C=O) groups is 1. The van der Waals surface area contributed by atoms with Gasteiger partial charge in [-0.3, -0.25) is 4.79 Å². The molecular weight excluding hydrogens is 356 g/mol. The summed E-state index contributed by atoms with van der Waals surface area (Å²) >= 11 is 1.69. The summed E-state index contributed by atoms with van der Waals surface area (Å²) in [5.41, 5.74) is 7.95. The maximum atomic E-state index is 12.1. The van der Waals surface area contributed by atoms with Gasteiger partial charge in [0.2, 0.25) is 5.91 Å². The average molecular weight is 381 g/mol. The fourth-order valence-electron chi connectivity index (χ4n) is 2.24. The third-order valence-corrected chi connectivity index (χ3v) is 4.26. The van der Waals surface area contributed by atoms with E-state index in [9.17, 15) is 4.79 Å². The van der Waals surface area contributed by atoms with Gasteiger partial charge in [0, 0.05) is 12.1 Å². The molecule has 2 aromatic carbocycles. The van der Waals surface area contributed by atoms with Gasteiger partial charge in [-0.05, 0) is 49.1 Å². The van der Waals surface area contributed by atoms with E-state index in [0.717, 1.165) is 28.4 Å². The molecule has 0 radical (unpaired) electrons. The fourth-order valence-corrected chi connectivity index (χ4v) is 2.73. The van der Waals surface area contributed by atoms with E-state index in [1.54, 1.807) is 11.8 Å². The first-order chi connectivity index (χ1) is 11.6. The molecule has 0 saturated heterocycles. The zero-order chi connectivity index (χ0) is 17.4. The number of para-hydroxylation sites is 1. The third kappa shape index (κ3) is 6.98. The van der Waals surface area contributed by atoms with Crippen molar-refractivity contribution in [2.24, 2.45) is 5.73 Å². The van der Waals surface area contributed by atoms with Crippen LogP contribution in [0, 0.1) is 6.92 Å². The van der Waals surface area contributed by atoms with Crippen LogP contribution in [0.5, 0.6) is 11.5 Å². The van der Waals surface area contributed by atoms with E-state index < -0.39 is 6.04 Å². The summed E-state index contributed by atoms with van der Waals surface area (Å²) in [5.74, 6) is 2.27. The molecule has 0 bridgehead atoms. The Kier molecular flexibility index (Phi) is 9.42. The largest absolute Gasteiger partial charge is 0.457 e. The van der Waals surface area contributed by atoms with Gasteiger partial charge >= 0.3 is 0 Å². The smallest absolute Gasteiger partial charge is 0.237 e. The Morgan fingerprint density at radius 3 is 2.72 bits per heavy atom. The Hall–Kier alpha value is -1.69. The number of amides is 1. The maximum absolute atomic E-state index is 12.1. The minimum absolute atomic E-state index is 0. The number of rotatable bonds is 8. The molecule has 0 aromatic heterocycles. The number of hydrogen-bond acceptors (Lipinski definition) is 4. The Labute approximate surface area is 159 Å². The molecule has 25 heavy (non-hydrogen) atoms. The minimum atomic E-state index is -0.470. The van der Waals surface area contributed by atoms with E-state index in [1.807, 2.05) is 61.7 Å². The van der Waals surface area contributed by atoms with Crippen LogP contribution in [0.3, 0.4) is 0 Å². The van der Waals surface area contributed by atoms with E-state index in [-0.39, 0.29) is 18.3 Å². The van der Waals surface area contributed by atoms with Crippen molar-refractivity contribution >= 4 is 30.1 Å². The molecule has 1 amide bonds. The number of nitrogens with two attached hydrogens (primary N) is 1. The van der Waals surface area contributed by atoms with Crippen LogP contribution in [0.15, 0.2) is 48.5 Å². The molecule has 2 rings (SSSR count). The van der Waals surface area contributed by atoms with Gasteiger partial charge in [0.1, 0.15) is 11.5 Å². The van der Waals surface area contributed by atoms with Gasteiger partial charge in [-0.25, -0.2) is 0 Å². The lowest BCUT2D eigenvalue weighted by Crippen LogP contribution is -2.40. The van der Waals surface area contributed by atoms with Gasteiger partial charge in [-0.15, -0.1) is 12.4 Å². The number of ether oxygens (including phenoxy) is 1. The van der Waals surface area contributed by atoms with E-state index in [1.165, 1.54) is 0 Å². The van der Waals surface area contributed by atoms with E-state index in [0.29, 0.717) is 13.0 Å². The lowest BCUT2D eigenvalue weighted by molar-refractivity contribution is -0.122. The highest BCUT2D eigenvalue weighted by molar-refractivity contribution is 7.98. The molecule has 0 spiro atoms. The van der Waals surface area contributed by atoms with Crippen LogP contribution in [0.25, 0.3) is 0 Å². The van der Waals surface area contributed by atoms with E-state index >= 15 is 0 Å². The summed E-state index contributed by atoms with van der Waals surface area (Å²) in [6.45, 7) is 2.42. The first kappa shape index (κ1) is 21.4. The molecule has 0 fully saturated rings. The van der Waals surface area contributed by atoms with Crippen LogP contribution < -0.4 is 15.8 Å². The molecule has 0 aliphatic heterocycles. The first-order valence-electron chi connectivity index (χ1n) is 7.95. The maximum Gasteiger partial charge on any atom is 0.237 e. The van der Waals surface area contributed by atoms with Crippen molar-refractivity contribution < 1.29 is 9.53 Å². The number of aryl methyl sites for hydroxylation is 1. The van der Waals surface area contributed by atoms with Crippen molar-refractivity contribution in [1.29, 1.82) is 0 Å². The van der Waals surface area contributed by atoms with Crippen LogP contribution in [0.2, 0.25) is 0 Å². The van der Waals surface area contributed by atoms with Crippen LogP contribution in [0.1, 0.15) is 17.5 Å². The summed E-state index contributed by atoms with van der Waals surface area (Å²) in [6, 6.07) is 15.1. The summed E-state index contributed by atoms with van der Waals surface area (Å²) in [5, 5.41) is 2.89. The zero-order valence-electron chi connectivity index (χ0n) is 14.5. The second-order valence-corrected chi connectivity index (χ2v) is 6.62. The zero-order valence-corrected chi connectivity index (χ0v) is 16.2.